The first-order chi connectivity index (χ1) is 13.3. The summed E-state index contributed by atoms with van der Waals surface area (Å²) in [4.78, 5) is 14.6. The van der Waals surface area contributed by atoms with Gasteiger partial charge in [0.2, 0.25) is 0 Å². The number of fused-ring (bicyclic) bond motifs is 2. The van der Waals surface area contributed by atoms with Crippen LogP contribution in [0, 0.1) is 0 Å². The Balaban J connectivity index is 1.37. The predicted molar refractivity (Wildman–Crippen MR) is 107 cm³/mol. The normalized spacial score (nSPS) is 18.9. The molecule has 3 aromatic rings. The van der Waals surface area contributed by atoms with Gasteiger partial charge in [-0.05, 0) is 36.4 Å². The first-order valence-corrected chi connectivity index (χ1v) is 9.29. The van der Waals surface area contributed by atoms with Crippen molar-refractivity contribution in [2.24, 2.45) is 4.99 Å². The monoisotopic (exact) mass is 362 g/mol. The highest BCUT2D eigenvalue weighted by atomic mass is 16.5. The average Bonchev–Trinajstić information content (AvgIpc) is 3.35. The lowest BCUT2D eigenvalue weighted by atomic mass is 10.1. The van der Waals surface area contributed by atoms with Crippen molar-refractivity contribution in [3.05, 3.63) is 48.4 Å². The van der Waals surface area contributed by atoms with Gasteiger partial charge in [0.25, 0.3) is 0 Å². The molecule has 2 aliphatic rings. The summed E-state index contributed by atoms with van der Waals surface area (Å²) < 4.78 is 6.26. The van der Waals surface area contributed by atoms with Crippen LogP contribution >= 0.6 is 0 Å². The number of aliphatic imine (C=N–C) groups is 1. The number of nitrogen functional groups attached to an aromatic ring is 1. The molecule has 0 radical (unpaired) electrons. The second kappa shape index (κ2) is 6.50. The van der Waals surface area contributed by atoms with Crippen LogP contribution in [0.15, 0.2) is 47.7 Å². The zero-order valence-corrected chi connectivity index (χ0v) is 15.0. The number of imidazole rings is 1. The molecule has 27 heavy (non-hydrogen) atoms. The van der Waals surface area contributed by atoms with E-state index < -0.39 is 0 Å². The van der Waals surface area contributed by atoms with Gasteiger partial charge in [0.1, 0.15) is 24.7 Å². The van der Waals surface area contributed by atoms with Crippen LogP contribution in [0.2, 0.25) is 0 Å². The van der Waals surface area contributed by atoms with Gasteiger partial charge in [0.15, 0.2) is 11.7 Å². The lowest BCUT2D eigenvalue weighted by Gasteiger charge is -2.29. The maximum Gasteiger partial charge on any atom is 0.156 e. The van der Waals surface area contributed by atoms with E-state index in [1.165, 1.54) is 0 Å². The summed E-state index contributed by atoms with van der Waals surface area (Å²) in [5, 5.41) is 5.38. The van der Waals surface area contributed by atoms with Crippen LogP contribution in [-0.4, -0.2) is 46.6 Å². The van der Waals surface area contributed by atoms with Gasteiger partial charge in [-0.2, -0.15) is 0 Å². The van der Waals surface area contributed by atoms with Crippen LogP contribution in [0.5, 0.6) is 5.75 Å². The molecule has 7 nitrogen and oxygen atoms in total. The van der Waals surface area contributed by atoms with E-state index in [4.69, 9.17) is 10.5 Å². The number of aromatic amines is 1. The number of hydrogen-bond acceptors (Lipinski definition) is 6. The Morgan fingerprint density at radius 1 is 1.26 bits per heavy atom. The van der Waals surface area contributed by atoms with Crippen LogP contribution in [0.25, 0.3) is 10.8 Å². The Bertz CT molecular complexity index is 1010. The molecule has 1 fully saturated rings. The van der Waals surface area contributed by atoms with E-state index in [9.17, 15) is 0 Å². The summed E-state index contributed by atoms with van der Waals surface area (Å²) in [6.45, 7) is 2.15. The Morgan fingerprint density at radius 3 is 3.19 bits per heavy atom. The van der Waals surface area contributed by atoms with Gasteiger partial charge in [-0.15, -0.1) is 0 Å². The predicted octanol–water partition coefficient (Wildman–Crippen LogP) is 2.82. The van der Waals surface area contributed by atoms with Crippen molar-refractivity contribution in [1.29, 1.82) is 0 Å². The lowest BCUT2D eigenvalue weighted by molar-refractivity contribution is 0.229. The molecule has 0 amide bonds. The van der Waals surface area contributed by atoms with Gasteiger partial charge in [-0.1, -0.05) is 18.2 Å². The molecule has 3 heterocycles. The SMILES string of the molecule is Nc1ccc2cccc(OCC3CCCN3C3=NCNc4nc[nH]c43)c2c1. The van der Waals surface area contributed by atoms with Crippen LogP contribution < -0.4 is 15.8 Å². The zero-order chi connectivity index (χ0) is 18.2. The molecule has 0 bridgehead atoms. The van der Waals surface area contributed by atoms with Crippen LogP contribution in [0.3, 0.4) is 0 Å². The molecule has 4 N–H and O–H groups in total. The number of amidine groups is 1. The van der Waals surface area contributed by atoms with Crippen LogP contribution in [-0.2, 0) is 0 Å². The van der Waals surface area contributed by atoms with Gasteiger partial charge >= 0.3 is 0 Å². The highest BCUT2D eigenvalue weighted by Gasteiger charge is 2.31. The highest BCUT2D eigenvalue weighted by Crippen LogP contribution is 2.29. The molecule has 138 valence electrons. The number of anilines is 2. The summed E-state index contributed by atoms with van der Waals surface area (Å²) in [5.41, 5.74) is 7.68. The number of nitrogens with one attached hydrogen (secondary N) is 2. The molecular weight excluding hydrogens is 340 g/mol. The van der Waals surface area contributed by atoms with E-state index >= 15 is 0 Å². The number of H-pyrrole nitrogens is 1. The largest absolute Gasteiger partial charge is 0.491 e. The van der Waals surface area contributed by atoms with Crippen molar-refractivity contribution >= 4 is 28.1 Å². The number of hydrogen-bond donors (Lipinski definition) is 3. The quantitative estimate of drug-likeness (QED) is 0.623. The van der Waals surface area contributed by atoms with Gasteiger partial charge in [0.05, 0.1) is 12.4 Å². The molecule has 2 aliphatic heterocycles. The van der Waals surface area contributed by atoms with E-state index in [-0.39, 0.29) is 6.04 Å². The molecule has 1 unspecified atom stereocenters. The molecule has 2 aromatic carbocycles. The molecule has 1 aromatic heterocycles. The van der Waals surface area contributed by atoms with E-state index in [0.717, 1.165) is 58.9 Å². The number of benzene rings is 2. The summed E-state index contributed by atoms with van der Waals surface area (Å²) in [5.74, 6) is 2.73. The van der Waals surface area contributed by atoms with E-state index in [1.807, 2.05) is 30.3 Å². The van der Waals surface area contributed by atoms with Gasteiger partial charge in [-0.3, -0.25) is 0 Å². The van der Waals surface area contributed by atoms with E-state index in [2.05, 4.69) is 31.2 Å². The van der Waals surface area contributed by atoms with Crippen molar-refractivity contribution in [2.75, 3.05) is 30.9 Å². The number of nitrogens with two attached hydrogens (primary N) is 1. The van der Waals surface area contributed by atoms with Crippen LogP contribution in [0.4, 0.5) is 11.5 Å². The summed E-state index contributed by atoms with van der Waals surface area (Å²) in [6, 6.07) is 12.3. The Kier molecular flexibility index (Phi) is 3.85. The van der Waals surface area contributed by atoms with Crippen molar-refractivity contribution < 1.29 is 4.74 Å². The molecule has 0 saturated carbocycles. The van der Waals surface area contributed by atoms with Crippen molar-refractivity contribution in [3.63, 3.8) is 0 Å². The number of nitrogens with zero attached hydrogens (tertiary/aromatic N) is 3. The summed E-state index contributed by atoms with van der Waals surface area (Å²) >= 11 is 0. The fraction of sp³-hybridized carbons (Fsp3) is 0.300. The van der Waals surface area contributed by atoms with Crippen molar-refractivity contribution in [1.82, 2.24) is 14.9 Å². The molecule has 5 rings (SSSR count). The molecule has 1 atom stereocenters. The number of aromatic nitrogens is 2. The lowest BCUT2D eigenvalue weighted by Crippen LogP contribution is -2.41. The second-order valence-electron chi connectivity index (χ2n) is 6.98. The molecule has 7 heteroatoms. The minimum Gasteiger partial charge on any atom is -0.491 e. The highest BCUT2D eigenvalue weighted by molar-refractivity contribution is 6.02. The Hall–Kier alpha value is -3.22. The van der Waals surface area contributed by atoms with Crippen molar-refractivity contribution in [2.45, 2.75) is 18.9 Å². The number of ether oxygens (including phenoxy) is 1. The third-order valence-corrected chi connectivity index (χ3v) is 5.28. The summed E-state index contributed by atoms with van der Waals surface area (Å²) in [6.07, 6.45) is 3.93. The first kappa shape index (κ1) is 16.0. The summed E-state index contributed by atoms with van der Waals surface area (Å²) in [7, 11) is 0. The molecule has 0 spiro atoms. The van der Waals surface area contributed by atoms with Crippen molar-refractivity contribution in [3.8, 4) is 5.75 Å². The zero-order valence-electron chi connectivity index (χ0n) is 15.0. The second-order valence-corrected chi connectivity index (χ2v) is 6.98. The van der Waals surface area contributed by atoms with E-state index in [0.29, 0.717) is 13.3 Å². The Morgan fingerprint density at radius 2 is 2.22 bits per heavy atom. The third-order valence-electron chi connectivity index (χ3n) is 5.28. The molecule has 1 saturated heterocycles. The first-order valence-electron chi connectivity index (χ1n) is 9.29. The van der Waals surface area contributed by atoms with E-state index in [1.54, 1.807) is 6.33 Å². The van der Waals surface area contributed by atoms with Gasteiger partial charge in [0, 0.05) is 17.6 Å². The van der Waals surface area contributed by atoms with Gasteiger partial charge in [-0.25, -0.2) is 9.98 Å². The Labute approximate surface area is 157 Å². The van der Waals surface area contributed by atoms with Gasteiger partial charge < -0.3 is 25.7 Å². The minimum atomic E-state index is 0.286. The molecule has 0 aliphatic carbocycles. The standard InChI is InChI=1S/C20H22N6O/c21-14-7-6-13-3-1-5-17(16(13)9-14)27-10-15-4-2-8-26(15)20-18-19(23-11-22-18)24-12-25-20/h1,3,5-7,9,11,15,24H,2,4,8,10,12,21H2,(H,22,23). The minimum absolute atomic E-state index is 0.286. The number of rotatable bonds is 3. The average molecular weight is 362 g/mol. The third kappa shape index (κ3) is 2.85. The maximum absolute atomic E-state index is 6.26. The smallest absolute Gasteiger partial charge is 0.156 e. The fourth-order valence-electron chi connectivity index (χ4n) is 3.96. The molecular formula is C20H22N6O. The fourth-order valence-corrected chi connectivity index (χ4v) is 3.96. The van der Waals surface area contributed by atoms with Crippen LogP contribution in [0.1, 0.15) is 18.5 Å². The number of likely N-dealkylation sites (tertiary alicyclic amines) is 1. The topological polar surface area (TPSA) is 91.6 Å². The maximum atomic E-state index is 6.26.